The van der Waals surface area contributed by atoms with E-state index < -0.39 is 0 Å². The topological polar surface area (TPSA) is 69.0 Å². The van der Waals surface area contributed by atoms with Crippen LogP contribution in [0.2, 0.25) is 15.1 Å². The van der Waals surface area contributed by atoms with E-state index in [9.17, 15) is 4.79 Å². The van der Waals surface area contributed by atoms with Gasteiger partial charge in [0.15, 0.2) is 11.0 Å². The van der Waals surface area contributed by atoms with E-state index in [4.69, 9.17) is 39.5 Å². The normalized spacial score (nSPS) is 10.8. The van der Waals surface area contributed by atoms with Crippen molar-refractivity contribution in [3.8, 4) is 22.8 Å². The predicted molar refractivity (Wildman–Crippen MR) is 139 cm³/mol. The van der Waals surface area contributed by atoms with E-state index in [-0.39, 0.29) is 11.7 Å². The molecule has 3 aromatic carbocycles. The van der Waals surface area contributed by atoms with E-state index in [2.05, 4.69) is 15.5 Å². The van der Waals surface area contributed by atoms with Crippen LogP contribution in [-0.2, 0) is 4.79 Å². The minimum Gasteiger partial charge on any atom is -0.494 e. The summed E-state index contributed by atoms with van der Waals surface area (Å²) in [6, 6.07) is 19.9. The van der Waals surface area contributed by atoms with Gasteiger partial charge in [-0.3, -0.25) is 9.36 Å². The van der Waals surface area contributed by atoms with Crippen molar-refractivity contribution in [1.29, 1.82) is 0 Å². The molecule has 174 valence electrons. The molecule has 0 bridgehead atoms. The summed E-state index contributed by atoms with van der Waals surface area (Å²) in [5.41, 5.74) is 1.99. The molecular weight excluding hydrogens is 515 g/mol. The summed E-state index contributed by atoms with van der Waals surface area (Å²) in [5.74, 6) is 1.15. The van der Waals surface area contributed by atoms with E-state index >= 15 is 0 Å². The van der Waals surface area contributed by atoms with Gasteiger partial charge in [-0.15, -0.1) is 10.2 Å². The van der Waals surface area contributed by atoms with Gasteiger partial charge in [0.25, 0.3) is 0 Å². The van der Waals surface area contributed by atoms with Crippen molar-refractivity contribution < 1.29 is 9.53 Å². The number of amides is 1. The molecule has 10 heteroatoms. The Morgan fingerprint density at radius 2 is 1.76 bits per heavy atom. The summed E-state index contributed by atoms with van der Waals surface area (Å²) in [6.45, 7) is 2.50. The maximum atomic E-state index is 12.6. The number of anilines is 1. The lowest BCUT2D eigenvalue weighted by Gasteiger charge is -2.12. The Kier molecular flexibility index (Phi) is 8.00. The molecule has 4 rings (SSSR count). The zero-order valence-corrected chi connectivity index (χ0v) is 21.0. The van der Waals surface area contributed by atoms with Crippen LogP contribution in [0.5, 0.6) is 5.75 Å². The van der Waals surface area contributed by atoms with E-state index in [0.29, 0.717) is 38.3 Å². The van der Waals surface area contributed by atoms with Gasteiger partial charge in [-0.1, -0.05) is 58.7 Å². The van der Waals surface area contributed by atoms with Crippen LogP contribution < -0.4 is 10.1 Å². The minimum atomic E-state index is -0.255. The summed E-state index contributed by atoms with van der Waals surface area (Å²) in [6.07, 6.45) is 0. The Hall–Kier alpha value is -2.71. The number of benzene rings is 3. The summed E-state index contributed by atoms with van der Waals surface area (Å²) in [4.78, 5) is 12.6. The molecule has 0 spiro atoms. The average molecular weight is 534 g/mol. The number of halogens is 3. The molecule has 1 aromatic heterocycles. The largest absolute Gasteiger partial charge is 0.494 e. The van der Waals surface area contributed by atoms with Gasteiger partial charge in [0.1, 0.15) is 5.75 Å². The van der Waals surface area contributed by atoms with E-state index in [1.807, 2.05) is 54.0 Å². The molecule has 1 heterocycles. The first-order valence-corrected chi connectivity index (χ1v) is 12.4. The van der Waals surface area contributed by atoms with E-state index in [1.54, 1.807) is 24.3 Å². The molecule has 0 aliphatic heterocycles. The fourth-order valence-electron chi connectivity index (χ4n) is 3.18. The van der Waals surface area contributed by atoms with Gasteiger partial charge in [0.05, 0.1) is 28.1 Å². The second-order valence-corrected chi connectivity index (χ2v) is 9.20. The molecule has 0 aliphatic carbocycles. The van der Waals surface area contributed by atoms with Crippen molar-refractivity contribution in [2.75, 3.05) is 17.7 Å². The van der Waals surface area contributed by atoms with Crippen molar-refractivity contribution in [1.82, 2.24) is 14.8 Å². The molecule has 0 saturated carbocycles. The molecule has 0 aliphatic rings. The highest BCUT2D eigenvalue weighted by atomic mass is 35.5. The van der Waals surface area contributed by atoms with E-state index in [1.165, 1.54) is 11.8 Å². The average Bonchev–Trinajstić information content (AvgIpc) is 3.25. The number of aromatic nitrogens is 3. The molecule has 6 nitrogen and oxygen atoms in total. The number of carbonyl (C=O) groups excluding carboxylic acids is 1. The van der Waals surface area contributed by atoms with Crippen LogP contribution in [0.1, 0.15) is 6.92 Å². The van der Waals surface area contributed by atoms with Crippen LogP contribution in [0.25, 0.3) is 17.1 Å². The van der Waals surface area contributed by atoms with Crippen molar-refractivity contribution in [3.05, 3.63) is 81.8 Å². The number of nitrogens with one attached hydrogen (secondary N) is 1. The van der Waals surface area contributed by atoms with Crippen LogP contribution in [0, 0.1) is 0 Å². The zero-order chi connectivity index (χ0) is 24.1. The molecular formula is C24H19Cl3N4O2S. The maximum Gasteiger partial charge on any atom is 0.234 e. The fraction of sp³-hybridized carbons (Fsp3) is 0.125. The molecule has 1 N–H and O–H groups in total. The first kappa shape index (κ1) is 24.4. The van der Waals surface area contributed by atoms with Gasteiger partial charge < -0.3 is 10.1 Å². The number of ether oxygens (including phenoxy) is 1. The number of hydrogen-bond donors (Lipinski definition) is 1. The van der Waals surface area contributed by atoms with Gasteiger partial charge >= 0.3 is 0 Å². The van der Waals surface area contributed by atoms with Crippen LogP contribution in [0.4, 0.5) is 5.69 Å². The molecule has 34 heavy (non-hydrogen) atoms. The summed E-state index contributed by atoms with van der Waals surface area (Å²) >= 11 is 19.9. The molecule has 0 unspecified atom stereocenters. The number of carbonyl (C=O) groups is 1. The molecule has 0 saturated heterocycles. The van der Waals surface area contributed by atoms with Gasteiger partial charge in [-0.05, 0) is 61.5 Å². The van der Waals surface area contributed by atoms with Crippen LogP contribution in [0.3, 0.4) is 0 Å². The second kappa shape index (κ2) is 11.1. The Balaban J connectivity index is 1.62. The molecule has 0 fully saturated rings. The Bertz CT molecular complexity index is 1310. The molecule has 1 amide bonds. The van der Waals surface area contributed by atoms with Crippen LogP contribution in [0.15, 0.2) is 71.9 Å². The van der Waals surface area contributed by atoms with Crippen molar-refractivity contribution >= 4 is 58.2 Å². The first-order valence-electron chi connectivity index (χ1n) is 10.3. The van der Waals surface area contributed by atoms with Crippen LogP contribution in [-0.4, -0.2) is 33.0 Å². The van der Waals surface area contributed by atoms with Gasteiger partial charge in [0.2, 0.25) is 5.91 Å². The predicted octanol–water partition coefficient (Wildman–Crippen LogP) is 7.02. The van der Waals surface area contributed by atoms with Crippen molar-refractivity contribution in [2.45, 2.75) is 12.1 Å². The third kappa shape index (κ3) is 5.67. The standard InChI is InChI=1S/C24H19Cl3N4O2S/c1-2-33-17-10-8-16(9-11-17)31-23(18-5-3-4-6-19(18)26)29-30-24(31)34-14-22(32)28-21-13-15(25)7-12-20(21)27/h3-13H,2,14H2,1H3,(H,28,32). The Morgan fingerprint density at radius 1 is 1.00 bits per heavy atom. The number of nitrogens with zero attached hydrogens (tertiary/aromatic N) is 3. The smallest absolute Gasteiger partial charge is 0.234 e. The zero-order valence-electron chi connectivity index (χ0n) is 18.0. The third-order valence-corrected chi connectivity index (χ3v) is 6.51. The van der Waals surface area contributed by atoms with Crippen molar-refractivity contribution in [2.24, 2.45) is 0 Å². The van der Waals surface area contributed by atoms with Gasteiger partial charge in [0, 0.05) is 16.3 Å². The minimum absolute atomic E-state index is 0.0839. The molecule has 4 aromatic rings. The van der Waals surface area contributed by atoms with E-state index in [0.717, 1.165) is 17.0 Å². The summed E-state index contributed by atoms with van der Waals surface area (Å²) in [5, 5.41) is 13.5. The Morgan fingerprint density at radius 3 is 2.50 bits per heavy atom. The van der Waals surface area contributed by atoms with Crippen molar-refractivity contribution in [3.63, 3.8) is 0 Å². The molecule has 0 atom stereocenters. The fourth-order valence-corrected chi connectivity index (χ4v) is 4.49. The number of hydrogen-bond acceptors (Lipinski definition) is 5. The lowest BCUT2D eigenvalue weighted by Crippen LogP contribution is -2.15. The monoisotopic (exact) mass is 532 g/mol. The highest BCUT2D eigenvalue weighted by Crippen LogP contribution is 2.33. The summed E-state index contributed by atoms with van der Waals surface area (Å²) in [7, 11) is 0. The number of thioether (sulfide) groups is 1. The van der Waals surface area contributed by atoms with Crippen LogP contribution >= 0.6 is 46.6 Å². The highest BCUT2D eigenvalue weighted by molar-refractivity contribution is 7.99. The SMILES string of the molecule is CCOc1ccc(-n2c(SCC(=O)Nc3cc(Cl)ccc3Cl)nnc2-c2ccccc2Cl)cc1. The third-order valence-electron chi connectivity index (χ3n) is 4.69. The second-order valence-electron chi connectivity index (χ2n) is 7.01. The summed E-state index contributed by atoms with van der Waals surface area (Å²) < 4.78 is 7.42. The quantitative estimate of drug-likeness (QED) is 0.246. The van der Waals surface area contributed by atoms with Gasteiger partial charge in [-0.25, -0.2) is 0 Å². The lowest BCUT2D eigenvalue weighted by atomic mass is 10.2. The number of rotatable bonds is 8. The van der Waals surface area contributed by atoms with Gasteiger partial charge in [-0.2, -0.15) is 0 Å². The highest BCUT2D eigenvalue weighted by Gasteiger charge is 2.19. The molecule has 0 radical (unpaired) electrons. The maximum absolute atomic E-state index is 12.6. The lowest BCUT2D eigenvalue weighted by molar-refractivity contribution is -0.113. The Labute approximate surface area is 216 Å². The first-order chi connectivity index (χ1) is 16.5.